The summed E-state index contributed by atoms with van der Waals surface area (Å²) in [6.07, 6.45) is 0.541. The molecule has 33 heavy (non-hydrogen) atoms. The molecule has 4 rings (SSSR count). The van der Waals surface area contributed by atoms with Crippen molar-refractivity contribution in [3.63, 3.8) is 0 Å². The fraction of sp³-hybridized carbons (Fsp3) is 0.217. The van der Waals surface area contributed by atoms with Gasteiger partial charge in [-0.1, -0.05) is 12.1 Å². The third-order valence-corrected chi connectivity index (χ3v) is 6.09. The maximum Gasteiger partial charge on any atom is 0.281 e. The molecule has 0 spiro atoms. The van der Waals surface area contributed by atoms with E-state index >= 15 is 0 Å². The minimum absolute atomic E-state index is 0.0491. The van der Waals surface area contributed by atoms with Gasteiger partial charge < -0.3 is 14.2 Å². The van der Waals surface area contributed by atoms with E-state index in [1.54, 1.807) is 31.6 Å². The first-order valence-electron chi connectivity index (χ1n) is 10.0. The summed E-state index contributed by atoms with van der Waals surface area (Å²) in [5.41, 5.74) is 1.62. The number of thiophene rings is 1. The number of methoxy groups -OCH3 is 2. The van der Waals surface area contributed by atoms with Gasteiger partial charge in [-0.2, -0.15) is 5.10 Å². The summed E-state index contributed by atoms with van der Waals surface area (Å²) in [5.74, 6) is 1.19. The second-order valence-electron chi connectivity index (χ2n) is 7.14. The van der Waals surface area contributed by atoms with Crippen LogP contribution in [-0.2, 0) is 4.79 Å². The second-order valence-corrected chi connectivity index (χ2v) is 8.08. The van der Waals surface area contributed by atoms with Gasteiger partial charge in [-0.25, -0.2) is 5.01 Å². The Kier molecular flexibility index (Phi) is 6.55. The lowest BCUT2D eigenvalue weighted by Crippen LogP contribution is -2.31. The minimum Gasteiger partial charge on any atom is -0.493 e. The molecule has 0 saturated carbocycles. The Labute approximate surface area is 194 Å². The van der Waals surface area contributed by atoms with Crippen molar-refractivity contribution in [2.75, 3.05) is 20.8 Å². The van der Waals surface area contributed by atoms with E-state index in [9.17, 15) is 14.9 Å². The van der Waals surface area contributed by atoms with E-state index in [1.165, 1.54) is 29.3 Å². The molecule has 0 radical (unpaired) electrons. The monoisotopic (exact) mass is 467 g/mol. The van der Waals surface area contributed by atoms with Crippen LogP contribution in [0.15, 0.2) is 65.1 Å². The van der Waals surface area contributed by atoms with Crippen molar-refractivity contribution in [1.82, 2.24) is 5.01 Å². The molecule has 1 aliphatic heterocycles. The first kappa shape index (κ1) is 22.3. The molecule has 9 nitrogen and oxygen atoms in total. The number of non-ortho nitro benzene ring substituents is 1. The number of nitro groups is 1. The predicted molar refractivity (Wildman–Crippen MR) is 123 cm³/mol. The Balaban J connectivity index is 1.56. The first-order chi connectivity index (χ1) is 16.0. The third-order valence-electron chi connectivity index (χ3n) is 5.17. The summed E-state index contributed by atoms with van der Waals surface area (Å²) in [7, 11) is 3.13. The van der Waals surface area contributed by atoms with Crippen LogP contribution in [0.25, 0.3) is 0 Å². The number of amides is 1. The Bertz CT molecular complexity index is 1180. The Morgan fingerprint density at radius 3 is 2.55 bits per heavy atom. The van der Waals surface area contributed by atoms with Crippen LogP contribution in [0, 0.1) is 10.1 Å². The molecule has 1 atom stereocenters. The topological polar surface area (TPSA) is 104 Å². The Hall–Kier alpha value is -3.92. The molecular formula is C23H21N3O6S. The van der Waals surface area contributed by atoms with Crippen molar-refractivity contribution in [2.45, 2.75) is 12.5 Å². The number of hydrogen-bond acceptors (Lipinski definition) is 8. The summed E-state index contributed by atoms with van der Waals surface area (Å²) in [5, 5.41) is 18.8. The average molecular weight is 468 g/mol. The smallest absolute Gasteiger partial charge is 0.281 e. The molecule has 2 aromatic carbocycles. The van der Waals surface area contributed by atoms with Crippen LogP contribution in [0.2, 0.25) is 0 Å². The molecule has 170 valence electrons. The first-order valence-corrected chi connectivity index (χ1v) is 10.9. The molecule has 0 fully saturated rings. The van der Waals surface area contributed by atoms with Gasteiger partial charge >= 0.3 is 0 Å². The molecule has 0 bridgehead atoms. The van der Waals surface area contributed by atoms with Gasteiger partial charge in [-0.05, 0) is 41.3 Å². The van der Waals surface area contributed by atoms with Gasteiger partial charge in [-0.15, -0.1) is 11.3 Å². The van der Waals surface area contributed by atoms with Gasteiger partial charge in [0, 0.05) is 18.6 Å². The van der Waals surface area contributed by atoms with E-state index < -0.39 is 4.92 Å². The summed E-state index contributed by atoms with van der Waals surface area (Å²) >= 11 is 1.56. The molecule has 1 amide bonds. The van der Waals surface area contributed by atoms with Crippen LogP contribution in [0.1, 0.15) is 22.9 Å². The summed E-state index contributed by atoms with van der Waals surface area (Å²) in [6.45, 7) is -0.261. The molecule has 10 heteroatoms. The van der Waals surface area contributed by atoms with Crippen molar-refractivity contribution in [3.05, 3.63) is 80.5 Å². The van der Waals surface area contributed by atoms with Gasteiger partial charge in [0.2, 0.25) is 0 Å². The van der Waals surface area contributed by atoms with Gasteiger partial charge in [-0.3, -0.25) is 14.9 Å². The van der Waals surface area contributed by atoms with Crippen LogP contribution in [0.4, 0.5) is 5.69 Å². The van der Waals surface area contributed by atoms with E-state index in [0.717, 1.165) is 16.2 Å². The molecule has 0 aliphatic carbocycles. The van der Waals surface area contributed by atoms with Gasteiger partial charge in [0.25, 0.3) is 11.6 Å². The zero-order valence-electron chi connectivity index (χ0n) is 18.0. The molecule has 0 N–H and O–H groups in total. The largest absolute Gasteiger partial charge is 0.493 e. The highest BCUT2D eigenvalue weighted by Crippen LogP contribution is 2.38. The van der Waals surface area contributed by atoms with Crippen LogP contribution in [-0.4, -0.2) is 42.4 Å². The molecule has 0 saturated heterocycles. The minimum atomic E-state index is -0.492. The number of nitrogens with zero attached hydrogens (tertiary/aromatic N) is 3. The normalized spacial score (nSPS) is 15.2. The van der Waals surface area contributed by atoms with Crippen molar-refractivity contribution >= 4 is 28.6 Å². The number of carbonyl (C=O) groups is 1. The van der Waals surface area contributed by atoms with Crippen molar-refractivity contribution in [1.29, 1.82) is 0 Å². The van der Waals surface area contributed by atoms with Gasteiger partial charge in [0.15, 0.2) is 18.1 Å². The fourth-order valence-corrected chi connectivity index (χ4v) is 4.25. The van der Waals surface area contributed by atoms with Crippen LogP contribution < -0.4 is 14.2 Å². The zero-order chi connectivity index (χ0) is 23.4. The number of nitro benzene ring substituents is 1. The van der Waals surface area contributed by atoms with E-state index in [1.807, 2.05) is 29.6 Å². The number of hydrogen-bond donors (Lipinski definition) is 0. The maximum atomic E-state index is 13.1. The average Bonchev–Trinajstić information content (AvgIpc) is 3.52. The maximum absolute atomic E-state index is 13.1. The summed E-state index contributed by atoms with van der Waals surface area (Å²) in [4.78, 5) is 24.4. The molecule has 1 aliphatic rings. The summed E-state index contributed by atoms with van der Waals surface area (Å²) in [6, 6.07) is 14.7. The van der Waals surface area contributed by atoms with E-state index in [-0.39, 0.29) is 24.2 Å². The molecular weight excluding hydrogens is 446 g/mol. The van der Waals surface area contributed by atoms with Crippen molar-refractivity contribution in [3.8, 4) is 17.2 Å². The third kappa shape index (κ3) is 4.80. The number of ether oxygens (including phenoxy) is 3. The lowest BCUT2D eigenvalue weighted by atomic mass is 10.0. The van der Waals surface area contributed by atoms with E-state index in [2.05, 4.69) is 5.10 Å². The molecule has 1 aromatic heterocycles. The predicted octanol–water partition coefficient (Wildman–Crippen LogP) is 4.43. The Morgan fingerprint density at radius 2 is 1.91 bits per heavy atom. The number of rotatable bonds is 8. The summed E-state index contributed by atoms with van der Waals surface area (Å²) < 4.78 is 16.3. The second kappa shape index (κ2) is 9.70. The lowest BCUT2D eigenvalue weighted by Gasteiger charge is -2.23. The Morgan fingerprint density at radius 1 is 1.15 bits per heavy atom. The highest BCUT2D eigenvalue weighted by molar-refractivity contribution is 7.12. The number of carbonyl (C=O) groups excluding carboxylic acids is 1. The van der Waals surface area contributed by atoms with Crippen LogP contribution in [0.5, 0.6) is 17.2 Å². The molecule has 3 aromatic rings. The SMILES string of the molecule is COc1ccc([C@H]2CC(c3cccs3)=NN2C(=O)COc2ccc([N+](=O)[O-])cc2)cc1OC. The van der Waals surface area contributed by atoms with Gasteiger partial charge in [0.05, 0.1) is 35.8 Å². The van der Waals surface area contributed by atoms with Gasteiger partial charge in [0.1, 0.15) is 5.75 Å². The highest BCUT2D eigenvalue weighted by atomic mass is 32.1. The quantitative estimate of drug-likeness (QED) is 0.359. The van der Waals surface area contributed by atoms with Crippen LogP contribution in [0.3, 0.4) is 0 Å². The lowest BCUT2D eigenvalue weighted by molar-refractivity contribution is -0.384. The molecule has 2 heterocycles. The van der Waals surface area contributed by atoms with Crippen molar-refractivity contribution in [2.24, 2.45) is 5.10 Å². The highest BCUT2D eigenvalue weighted by Gasteiger charge is 2.34. The standard InChI is InChI=1S/C23H21N3O6S/c1-30-20-10-5-15(12-21(20)31-2)19-13-18(22-4-3-11-33-22)24-25(19)23(27)14-32-17-8-6-16(7-9-17)26(28)29/h3-12,19H,13-14H2,1-2H3/t19-/m1/s1. The zero-order valence-corrected chi connectivity index (χ0v) is 18.8. The van der Waals surface area contributed by atoms with Crippen molar-refractivity contribution < 1.29 is 23.9 Å². The fourth-order valence-electron chi connectivity index (χ4n) is 3.53. The van der Waals surface area contributed by atoms with E-state index in [0.29, 0.717) is 23.7 Å². The van der Waals surface area contributed by atoms with E-state index in [4.69, 9.17) is 14.2 Å². The van der Waals surface area contributed by atoms with Crippen LogP contribution >= 0.6 is 11.3 Å². The number of benzene rings is 2. The molecule has 0 unspecified atom stereocenters. The number of hydrazone groups is 1.